The minimum absolute atomic E-state index is 0.769. The molecule has 106 valence electrons. The van der Waals surface area contributed by atoms with Gasteiger partial charge in [-0.15, -0.1) is 0 Å². The molecule has 3 nitrogen and oxygen atoms in total. The Bertz CT molecular complexity index is 225. The maximum absolute atomic E-state index is 5.28. The molecular formula is C15H30N2O. The van der Waals surface area contributed by atoms with E-state index in [1.54, 1.807) is 0 Å². The molecule has 18 heavy (non-hydrogen) atoms. The third kappa shape index (κ3) is 3.94. The number of likely N-dealkylation sites (tertiary alicyclic amines) is 1. The summed E-state index contributed by atoms with van der Waals surface area (Å²) in [5.74, 6) is 0.805. The highest BCUT2D eigenvalue weighted by Gasteiger charge is 2.29. The van der Waals surface area contributed by atoms with Gasteiger partial charge < -0.3 is 15.0 Å². The molecule has 2 fully saturated rings. The van der Waals surface area contributed by atoms with Crippen LogP contribution in [0, 0.1) is 5.92 Å². The highest BCUT2D eigenvalue weighted by molar-refractivity contribution is 4.86. The first-order valence-electron chi connectivity index (χ1n) is 7.79. The van der Waals surface area contributed by atoms with Gasteiger partial charge in [0.2, 0.25) is 0 Å². The summed E-state index contributed by atoms with van der Waals surface area (Å²) in [5.41, 5.74) is 0. The second kappa shape index (κ2) is 7.46. The lowest BCUT2D eigenvalue weighted by Gasteiger charge is -2.41. The summed E-state index contributed by atoms with van der Waals surface area (Å²) in [6.45, 7) is 6.88. The Morgan fingerprint density at radius 2 is 1.94 bits per heavy atom. The number of piperidine rings is 1. The van der Waals surface area contributed by atoms with E-state index in [0.717, 1.165) is 31.2 Å². The van der Waals surface area contributed by atoms with Crippen molar-refractivity contribution in [2.24, 2.45) is 5.92 Å². The molecule has 3 heteroatoms. The maximum Gasteiger partial charge on any atom is 0.0491 e. The highest BCUT2D eigenvalue weighted by Crippen LogP contribution is 2.27. The van der Waals surface area contributed by atoms with Crippen molar-refractivity contribution in [3.8, 4) is 0 Å². The Kier molecular flexibility index (Phi) is 5.93. The smallest absolute Gasteiger partial charge is 0.0491 e. The molecule has 2 rings (SSSR count). The zero-order valence-electron chi connectivity index (χ0n) is 12.2. The van der Waals surface area contributed by atoms with Crippen molar-refractivity contribution in [2.45, 2.75) is 57.5 Å². The number of rotatable bonds is 5. The SMILES string of the molecule is CCNC1CCCC(N2CCC(COC)CC2)C1. The van der Waals surface area contributed by atoms with Gasteiger partial charge in [0.1, 0.15) is 0 Å². The predicted octanol–water partition coefficient (Wildman–Crippen LogP) is 2.27. The summed E-state index contributed by atoms with van der Waals surface area (Å²) in [5, 5.41) is 3.64. The van der Waals surface area contributed by atoms with E-state index < -0.39 is 0 Å². The van der Waals surface area contributed by atoms with E-state index in [0.29, 0.717) is 0 Å². The van der Waals surface area contributed by atoms with E-state index in [9.17, 15) is 0 Å². The zero-order valence-corrected chi connectivity index (χ0v) is 12.2. The van der Waals surface area contributed by atoms with Crippen molar-refractivity contribution in [3.05, 3.63) is 0 Å². The summed E-state index contributed by atoms with van der Waals surface area (Å²) in [7, 11) is 1.83. The number of nitrogens with one attached hydrogen (secondary N) is 1. The van der Waals surface area contributed by atoms with Gasteiger partial charge >= 0.3 is 0 Å². The molecule has 1 aliphatic carbocycles. The van der Waals surface area contributed by atoms with Crippen LogP contribution in [0.3, 0.4) is 0 Å². The Hall–Kier alpha value is -0.120. The minimum Gasteiger partial charge on any atom is -0.384 e. The standard InChI is InChI=1S/C15H30N2O/c1-3-16-14-5-4-6-15(11-14)17-9-7-13(8-10-17)12-18-2/h13-16H,3-12H2,1-2H3. The molecule has 0 bridgehead atoms. The largest absolute Gasteiger partial charge is 0.384 e. The van der Waals surface area contributed by atoms with Gasteiger partial charge in [-0.3, -0.25) is 0 Å². The molecule has 0 radical (unpaired) electrons. The average molecular weight is 254 g/mol. The molecular weight excluding hydrogens is 224 g/mol. The van der Waals surface area contributed by atoms with Gasteiger partial charge in [-0.05, 0) is 57.7 Å². The maximum atomic E-state index is 5.28. The molecule has 0 spiro atoms. The molecule has 0 aromatic carbocycles. The van der Waals surface area contributed by atoms with E-state index in [2.05, 4.69) is 17.1 Å². The molecule has 2 aliphatic rings. The van der Waals surface area contributed by atoms with E-state index in [1.165, 1.54) is 51.6 Å². The van der Waals surface area contributed by atoms with Crippen molar-refractivity contribution in [3.63, 3.8) is 0 Å². The van der Waals surface area contributed by atoms with Crippen LogP contribution >= 0.6 is 0 Å². The zero-order chi connectivity index (χ0) is 12.8. The fourth-order valence-corrected chi connectivity index (χ4v) is 3.69. The number of ether oxygens (including phenoxy) is 1. The lowest BCUT2D eigenvalue weighted by atomic mass is 9.87. The minimum atomic E-state index is 0.769. The van der Waals surface area contributed by atoms with E-state index in [1.807, 2.05) is 7.11 Å². The van der Waals surface area contributed by atoms with Crippen LogP contribution < -0.4 is 5.32 Å². The van der Waals surface area contributed by atoms with Crippen molar-refractivity contribution < 1.29 is 4.74 Å². The summed E-state index contributed by atoms with van der Waals surface area (Å²) < 4.78 is 5.28. The van der Waals surface area contributed by atoms with Crippen LogP contribution in [0.5, 0.6) is 0 Å². The summed E-state index contributed by atoms with van der Waals surface area (Å²) >= 11 is 0. The van der Waals surface area contributed by atoms with E-state index in [-0.39, 0.29) is 0 Å². The van der Waals surface area contributed by atoms with E-state index in [4.69, 9.17) is 4.74 Å². The molecule has 0 aromatic heterocycles. The Morgan fingerprint density at radius 3 is 2.61 bits per heavy atom. The fraction of sp³-hybridized carbons (Fsp3) is 1.00. The van der Waals surface area contributed by atoms with Crippen molar-refractivity contribution >= 4 is 0 Å². The molecule has 0 amide bonds. The van der Waals surface area contributed by atoms with Crippen LogP contribution in [0.1, 0.15) is 45.4 Å². The van der Waals surface area contributed by atoms with Crippen LogP contribution in [0.4, 0.5) is 0 Å². The molecule has 2 atom stereocenters. The second-order valence-electron chi connectivity index (χ2n) is 6.01. The number of nitrogens with zero attached hydrogens (tertiary/aromatic N) is 1. The first kappa shape index (κ1) is 14.3. The van der Waals surface area contributed by atoms with Crippen LogP contribution in [0.15, 0.2) is 0 Å². The van der Waals surface area contributed by atoms with Crippen molar-refractivity contribution in [2.75, 3.05) is 33.4 Å². The van der Waals surface area contributed by atoms with Crippen LogP contribution in [0.25, 0.3) is 0 Å². The first-order valence-corrected chi connectivity index (χ1v) is 7.79. The number of hydrogen-bond donors (Lipinski definition) is 1. The molecule has 1 N–H and O–H groups in total. The number of hydrogen-bond acceptors (Lipinski definition) is 3. The molecule has 1 heterocycles. The summed E-state index contributed by atoms with van der Waals surface area (Å²) in [6, 6.07) is 1.61. The normalized spacial score (nSPS) is 31.7. The fourth-order valence-electron chi connectivity index (χ4n) is 3.69. The number of methoxy groups -OCH3 is 1. The van der Waals surface area contributed by atoms with Gasteiger partial charge in [-0.2, -0.15) is 0 Å². The monoisotopic (exact) mass is 254 g/mol. The first-order chi connectivity index (χ1) is 8.83. The third-order valence-corrected chi connectivity index (χ3v) is 4.71. The highest BCUT2D eigenvalue weighted by atomic mass is 16.5. The molecule has 1 saturated carbocycles. The van der Waals surface area contributed by atoms with Gasteiger partial charge in [0.25, 0.3) is 0 Å². The average Bonchev–Trinajstić information content (AvgIpc) is 2.41. The predicted molar refractivity (Wildman–Crippen MR) is 75.9 cm³/mol. The Balaban J connectivity index is 1.75. The molecule has 1 aliphatic heterocycles. The van der Waals surface area contributed by atoms with Crippen molar-refractivity contribution in [1.29, 1.82) is 0 Å². The lowest BCUT2D eigenvalue weighted by molar-refractivity contribution is 0.0635. The van der Waals surface area contributed by atoms with Crippen LogP contribution in [-0.4, -0.2) is 50.3 Å². The molecule has 0 aromatic rings. The quantitative estimate of drug-likeness (QED) is 0.814. The van der Waals surface area contributed by atoms with Gasteiger partial charge in [0.15, 0.2) is 0 Å². The second-order valence-corrected chi connectivity index (χ2v) is 6.01. The van der Waals surface area contributed by atoms with Gasteiger partial charge in [0.05, 0.1) is 0 Å². The van der Waals surface area contributed by atoms with Crippen molar-refractivity contribution in [1.82, 2.24) is 10.2 Å². The van der Waals surface area contributed by atoms with Crippen LogP contribution in [-0.2, 0) is 4.74 Å². The molecule has 2 unspecified atom stereocenters. The van der Waals surface area contributed by atoms with Gasteiger partial charge in [-0.1, -0.05) is 13.3 Å². The molecule has 1 saturated heterocycles. The Morgan fingerprint density at radius 1 is 1.17 bits per heavy atom. The van der Waals surface area contributed by atoms with Gasteiger partial charge in [-0.25, -0.2) is 0 Å². The summed E-state index contributed by atoms with van der Waals surface area (Å²) in [6.07, 6.45) is 8.22. The van der Waals surface area contributed by atoms with Crippen LogP contribution in [0.2, 0.25) is 0 Å². The Labute approximate surface area is 112 Å². The summed E-state index contributed by atoms with van der Waals surface area (Å²) in [4.78, 5) is 2.75. The van der Waals surface area contributed by atoms with E-state index >= 15 is 0 Å². The third-order valence-electron chi connectivity index (χ3n) is 4.71. The lowest BCUT2D eigenvalue weighted by Crippen LogP contribution is -2.47. The van der Waals surface area contributed by atoms with Gasteiger partial charge in [0, 0.05) is 25.8 Å². The topological polar surface area (TPSA) is 24.5 Å².